The van der Waals surface area contributed by atoms with Crippen LogP contribution in [0.25, 0.3) is 11.3 Å². The number of nitrogens with zero attached hydrogens (tertiary/aromatic N) is 1. The molecular weight excluding hydrogens is 347 g/mol. The maximum Gasteiger partial charge on any atom is 0.255 e. The molecule has 3 N–H and O–H groups in total. The number of amides is 2. The molecule has 2 aromatic carbocycles. The fourth-order valence-electron chi connectivity index (χ4n) is 2.60. The molecule has 3 aromatic rings. The molecule has 2 amide bonds. The summed E-state index contributed by atoms with van der Waals surface area (Å²) >= 11 is 0. The van der Waals surface area contributed by atoms with E-state index in [1.54, 1.807) is 18.2 Å². The molecule has 7 heteroatoms. The first-order chi connectivity index (χ1) is 13.1. The zero-order chi connectivity index (χ0) is 19.1. The minimum absolute atomic E-state index is 0.144. The van der Waals surface area contributed by atoms with Crippen molar-refractivity contribution < 1.29 is 14.0 Å². The van der Waals surface area contributed by atoms with Crippen LogP contribution in [0.3, 0.4) is 0 Å². The average Bonchev–Trinajstić information content (AvgIpc) is 3.17. The van der Waals surface area contributed by atoms with Gasteiger partial charge in [0.1, 0.15) is 5.82 Å². The van der Waals surface area contributed by atoms with Crippen molar-refractivity contribution in [2.24, 2.45) is 0 Å². The summed E-state index contributed by atoms with van der Waals surface area (Å²) in [7, 11) is 0. The van der Waals surface area contributed by atoms with Crippen molar-refractivity contribution in [3.63, 3.8) is 0 Å². The molecule has 0 atom stereocenters. The van der Waals surface area contributed by atoms with E-state index in [9.17, 15) is 14.0 Å². The van der Waals surface area contributed by atoms with Crippen LogP contribution in [0.4, 0.5) is 4.39 Å². The van der Waals surface area contributed by atoms with Gasteiger partial charge in [0.05, 0.1) is 17.5 Å². The van der Waals surface area contributed by atoms with E-state index in [1.165, 1.54) is 12.3 Å². The van der Waals surface area contributed by atoms with Crippen LogP contribution < -0.4 is 10.6 Å². The van der Waals surface area contributed by atoms with Crippen LogP contribution >= 0.6 is 0 Å². The van der Waals surface area contributed by atoms with Crippen LogP contribution in [0.15, 0.2) is 60.8 Å². The normalized spacial score (nSPS) is 10.4. The zero-order valence-electron chi connectivity index (χ0n) is 14.5. The molecule has 0 fully saturated rings. The highest BCUT2D eigenvalue weighted by Crippen LogP contribution is 2.23. The number of halogens is 1. The molecular formula is C20H19FN4O2. The summed E-state index contributed by atoms with van der Waals surface area (Å²) in [6.45, 7) is 0.605. The first-order valence-electron chi connectivity index (χ1n) is 8.52. The second kappa shape index (κ2) is 8.75. The lowest BCUT2D eigenvalue weighted by molar-refractivity contribution is -0.121. The monoisotopic (exact) mass is 366 g/mol. The van der Waals surface area contributed by atoms with Gasteiger partial charge in [0, 0.05) is 25.1 Å². The number of carbonyl (C=O) groups excluding carboxylic acids is 2. The number of hydrogen-bond acceptors (Lipinski definition) is 3. The molecule has 6 nitrogen and oxygen atoms in total. The van der Waals surface area contributed by atoms with Crippen molar-refractivity contribution in [2.75, 3.05) is 6.54 Å². The molecule has 3 rings (SSSR count). The van der Waals surface area contributed by atoms with E-state index in [1.807, 2.05) is 30.3 Å². The molecule has 0 spiro atoms. The quantitative estimate of drug-likeness (QED) is 0.601. The molecule has 0 saturated carbocycles. The van der Waals surface area contributed by atoms with Gasteiger partial charge in [-0.05, 0) is 17.7 Å². The van der Waals surface area contributed by atoms with Crippen LogP contribution in [0.1, 0.15) is 22.3 Å². The number of rotatable bonds is 7. The molecule has 0 unspecified atom stereocenters. The second-order valence-corrected chi connectivity index (χ2v) is 5.91. The first-order valence-corrected chi connectivity index (χ1v) is 8.52. The minimum Gasteiger partial charge on any atom is -0.352 e. The topological polar surface area (TPSA) is 86.9 Å². The highest BCUT2D eigenvalue weighted by Gasteiger charge is 2.17. The Labute approximate surface area is 155 Å². The van der Waals surface area contributed by atoms with Gasteiger partial charge in [-0.3, -0.25) is 14.7 Å². The molecule has 0 radical (unpaired) electrons. The molecule has 27 heavy (non-hydrogen) atoms. The predicted molar refractivity (Wildman–Crippen MR) is 99.2 cm³/mol. The number of aromatic nitrogens is 2. The predicted octanol–water partition coefficient (Wildman–Crippen LogP) is 2.65. The SMILES string of the molecule is O=C(CCNC(=O)c1cn[nH]c1-c1ccccc1F)NCc1ccccc1. The lowest BCUT2D eigenvalue weighted by Gasteiger charge is -2.08. The Kier molecular flexibility index (Phi) is 5.94. The summed E-state index contributed by atoms with van der Waals surface area (Å²) in [5.74, 6) is -1.03. The Bertz CT molecular complexity index is 924. The molecule has 0 aliphatic heterocycles. The summed E-state index contributed by atoms with van der Waals surface area (Å²) in [4.78, 5) is 24.2. The Balaban J connectivity index is 1.51. The number of H-pyrrole nitrogens is 1. The van der Waals surface area contributed by atoms with Gasteiger partial charge >= 0.3 is 0 Å². The summed E-state index contributed by atoms with van der Waals surface area (Å²) in [6.07, 6.45) is 1.48. The van der Waals surface area contributed by atoms with E-state index in [-0.39, 0.29) is 30.0 Å². The van der Waals surface area contributed by atoms with Crippen LogP contribution in [0, 0.1) is 5.82 Å². The minimum atomic E-state index is -0.448. The molecule has 0 aliphatic rings. The smallest absolute Gasteiger partial charge is 0.255 e. The van der Waals surface area contributed by atoms with Gasteiger partial charge in [-0.25, -0.2) is 4.39 Å². The number of benzene rings is 2. The van der Waals surface area contributed by atoms with Crippen LogP contribution in [0.5, 0.6) is 0 Å². The zero-order valence-corrected chi connectivity index (χ0v) is 14.5. The van der Waals surface area contributed by atoms with Crippen molar-refractivity contribution in [3.05, 3.63) is 77.7 Å². The highest BCUT2D eigenvalue weighted by atomic mass is 19.1. The number of hydrogen-bond donors (Lipinski definition) is 3. The number of aromatic amines is 1. The van der Waals surface area contributed by atoms with Crippen molar-refractivity contribution in [2.45, 2.75) is 13.0 Å². The van der Waals surface area contributed by atoms with Gasteiger partial charge < -0.3 is 10.6 Å². The lowest BCUT2D eigenvalue weighted by Crippen LogP contribution is -2.30. The standard InChI is InChI=1S/C20H19FN4O2/c21-17-9-5-4-8-15(17)19-16(13-24-25-19)20(27)22-11-10-18(26)23-12-14-6-2-1-3-7-14/h1-9,13H,10-12H2,(H,22,27)(H,23,26)(H,24,25). The van der Waals surface area contributed by atoms with Gasteiger partial charge in [-0.15, -0.1) is 0 Å². The molecule has 1 aromatic heterocycles. The van der Waals surface area contributed by atoms with E-state index in [2.05, 4.69) is 20.8 Å². The van der Waals surface area contributed by atoms with Crippen LogP contribution in [0.2, 0.25) is 0 Å². The van der Waals surface area contributed by atoms with E-state index in [0.29, 0.717) is 12.2 Å². The molecule has 0 aliphatic carbocycles. The third-order valence-corrected chi connectivity index (χ3v) is 4.00. The fraction of sp³-hybridized carbons (Fsp3) is 0.150. The summed E-state index contributed by atoms with van der Waals surface area (Å²) in [5.41, 5.74) is 1.80. The summed E-state index contributed by atoms with van der Waals surface area (Å²) < 4.78 is 13.9. The van der Waals surface area contributed by atoms with Gasteiger partial charge in [0.25, 0.3) is 5.91 Å². The molecule has 0 saturated heterocycles. The molecule has 1 heterocycles. The first kappa shape index (κ1) is 18.3. The lowest BCUT2D eigenvalue weighted by atomic mass is 10.1. The number of nitrogens with one attached hydrogen (secondary N) is 3. The van der Waals surface area contributed by atoms with Gasteiger partial charge in [-0.1, -0.05) is 42.5 Å². The molecule has 138 valence electrons. The molecule has 0 bridgehead atoms. The van der Waals surface area contributed by atoms with Crippen molar-refractivity contribution >= 4 is 11.8 Å². The highest BCUT2D eigenvalue weighted by molar-refractivity contribution is 5.99. The van der Waals surface area contributed by atoms with E-state index in [0.717, 1.165) is 5.56 Å². The maximum absolute atomic E-state index is 13.9. The van der Waals surface area contributed by atoms with Crippen LogP contribution in [-0.4, -0.2) is 28.6 Å². The summed E-state index contributed by atoms with van der Waals surface area (Å²) in [5, 5.41) is 11.9. The Morgan fingerprint density at radius 2 is 1.74 bits per heavy atom. The third kappa shape index (κ3) is 4.78. The fourth-order valence-corrected chi connectivity index (χ4v) is 2.60. The Morgan fingerprint density at radius 3 is 2.52 bits per heavy atom. The summed E-state index contributed by atoms with van der Waals surface area (Å²) in [6, 6.07) is 15.7. The van der Waals surface area contributed by atoms with Crippen LogP contribution in [-0.2, 0) is 11.3 Å². The number of carbonyl (C=O) groups is 2. The Morgan fingerprint density at radius 1 is 1.00 bits per heavy atom. The third-order valence-electron chi connectivity index (χ3n) is 4.00. The van der Waals surface area contributed by atoms with E-state index in [4.69, 9.17) is 0 Å². The van der Waals surface area contributed by atoms with Crippen molar-refractivity contribution in [1.29, 1.82) is 0 Å². The second-order valence-electron chi connectivity index (χ2n) is 5.91. The largest absolute Gasteiger partial charge is 0.352 e. The Hall–Kier alpha value is -3.48. The maximum atomic E-state index is 13.9. The van der Waals surface area contributed by atoms with E-state index < -0.39 is 11.7 Å². The van der Waals surface area contributed by atoms with E-state index >= 15 is 0 Å². The van der Waals surface area contributed by atoms with Crippen molar-refractivity contribution in [3.8, 4) is 11.3 Å². The average molecular weight is 366 g/mol. The van der Waals surface area contributed by atoms with Crippen molar-refractivity contribution in [1.82, 2.24) is 20.8 Å². The van der Waals surface area contributed by atoms with Gasteiger partial charge in [-0.2, -0.15) is 5.10 Å². The van der Waals surface area contributed by atoms with Gasteiger partial charge in [0.2, 0.25) is 5.91 Å². The van der Waals surface area contributed by atoms with Gasteiger partial charge in [0.15, 0.2) is 0 Å².